The third-order valence-corrected chi connectivity index (χ3v) is 4.09. The van der Waals surface area contributed by atoms with E-state index in [4.69, 9.17) is 0 Å². The molecule has 0 aliphatic heterocycles. The topological polar surface area (TPSA) is 42.7 Å². The standard InChI is InChI=1S/C13H18N4S/c1-10-6-4-5-7-11(10)12(14-2)8-18-13-15-9-16-17(13)3/h4-7,9,12,14H,8H2,1-3H3. The van der Waals surface area contributed by atoms with E-state index in [0.717, 1.165) is 10.9 Å². The summed E-state index contributed by atoms with van der Waals surface area (Å²) in [5.41, 5.74) is 2.66. The maximum Gasteiger partial charge on any atom is 0.185 e. The minimum Gasteiger partial charge on any atom is -0.312 e. The van der Waals surface area contributed by atoms with E-state index in [0.29, 0.717) is 6.04 Å². The van der Waals surface area contributed by atoms with Gasteiger partial charge in [-0.1, -0.05) is 36.0 Å². The number of benzene rings is 1. The molecule has 1 N–H and O–H groups in total. The first kappa shape index (κ1) is 13.1. The summed E-state index contributed by atoms with van der Waals surface area (Å²) in [6.07, 6.45) is 1.59. The second-order valence-electron chi connectivity index (χ2n) is 4.18. The van der Waals surface area contributed by atoms with Gasteiger partial charge < -0.3 is 5.32 Å². The van der Waals surface area contributed by atoms with Crippen LogP contribution >= 0.6 is 11.8 Å². The third kappa shape index (κ3) is 2.91. The highest BCUT2D eigenvalue weighted by Gasteiger charge is 2.13. The summed E-state index contributed by atoms with van der Waals surface area (Å²) < 4.78 is 1.80. The molecule has 0 aliphatic rings. The summed E-state index contributed by atoms with van der Waals surface area (Å²) in [7, 11) is 3.91. The van der Waals surface area contributed by atoms with Gasteiger partial charge in [0, 0.05) is 18.8 Å². The van der Waals surface area contributed by atoms with Crippen LogP contribution in [-0.4, -0.2) is 27.6 Å². The minimum atomic E-state index is 0.327. The molecular formula is C13H18N4S. The molecule has 1 atom stereocenters. The molecule has 96 valence electrons. The number of thioether (sulfide) groups is 1. The van der Waals surface area contributed by atoms with Crippen LogP contribution in [0, 0.1) is 6.92 Å². The van der Waals surface area contributed by atoms with Gasteiger partial charge in [-0.05, 0) is 25.1 Å². The van der Waals surface area contributed by atoms with Crippen LogP contribution in [0.3, 0.4) is 0 Å². The second-order valence-corrected chi connectivity index (χ2v) is 5.16. The Balaban J connectivity index is 2.07. The van der Waals surface area contributed by atoms with Crippen molar-refractivity contribution in [2.45, 2.75) is 18.1 Å². The normalized spacial score (nSPS) is 12.6. The van der Waals surface area contributed by atoms with E-state index in [-0.39, 0.29) is 0 Å². The van der Waals surface area contributed by atoms with Gasteiger partial charge in [0.1, 0.15) is 6.33 Å². The predicted molar refractivity (Wildman–Crippen MR) is 74.7 cm³/mol. The van der Waals surface area contributed by atoms with Crippen LogP contribution in [0.15, 0.2) is 35.7 Å². The Kier molecular flexibility index (Phi) is 4.38. The van der Waals surface area contributed by atoms with Crippen LogP contribution < -0.4 is 5.32 Å². The number of aromatic nitrogens is 3. The fourth-order valence-electron chi connectivity index (χ4n) is 1.88. The Morgan fingerprint density at radius 1 is 1.39 bits per heavy atom. The van der Waals surface area contributed by atoms with E-state index in [9.17, 15) is 0 Å². The lowest BCUT2D eigenvalue weighted by Gasteiger charge is -2.18. The summed E-state index contributed by atoms with van der Waals surface area (Å²) in [6.45, 7) is 2.15. The van der Waals surface area contributed by atoms with Crippen molar-refractivity contribution >= 4 is 11.8 Å². The van der Waals surface area contributed by atoms with E-state index in [1.807, 2.05) is 14.1 Å². The highest BCUT2D eigenvalue weighted by atomic mass is 32.2. The third-order valence-electron chi connectivity index (χ3n) is 2.96. The number of hydrogen-bond acceptors (Lipinski definition) is 4. The molecule has 1 aromatic heterocycles. The number of rotatable bonds is 5. The average Bonchev–Trinajstić information content (AvgIpc) is 2.78. The van der Waals surface area contributed by atoms with Gasteiger partial charge >= 0.3 is 0 Å². The number of aryl methyl sites for hydroxylation is 2. The molecule has 2 rings (SSSR count). The quantitative estimate of drug-likeness (QED) is 0.839. The molecule has 0 bridgehead atoms. The number of nitrogens with one attached hydrogen (secondary N) is 1. The molecule has 18 heavy (non-hydrogen) atoms. The van der Waals surface area contributed by atoms with Gasteiger partial charge in [0.05, 0.1) is 0 Å². The average molecular weight is 262 g/mol. The molecule has 0 aliphatic carbocycles. The van der Waals surface area contributed by atoms with Crippen LogP contribution in [0.5, 0.6) is 0 Å². The molecule has 1 aromatic carbocycles. The highest BCUT2D eigenvalue weighted by molar-refractivity contribution is 7.99. The molecule has 5 heteroatoms. The summed E-state index contributed by atoms with van der Waals surface area (Å²) in [5, 5.41) is 8.39. The lowest BCUT2D eigenvalue weighted by atomic mass is 10.0. The van der Waals surface area contributed by atoms with Crippen molar-refractivity contribution < 1.29 is 0 Å². The maximum atomic E-state index is 4.23. The molecule has 0 fully saturated rings. The molecule has 2 aromatic rings. The van der Waals surface area contributed by atoms with Crippen molar-refractivity contribution in [1.82, 2.24) is 20.1 Å². The largest absolute Gasteiger partial charge is 0.312 e. The Morgan fingerprint density at radius 3 is 2.78 bits per heavy atom. The van der Waals surface area contributed by atoms with Gasteiger partial charge in [0.15, 0.2) is 5.16 Å². The van der Waals surface area contributed by atoms with E-state index in [1.54, 1.807) is 22.8 Å². The fourth-order valence-corrected chi connectivity index (χ4v) is 2.90. The van der Waals surface area contributed by atoms with Gasteiger partial charge in [-0.25, -0.2) is 9.67 Å². The highest BCUT2D eigenvalue weighted by Crippen LogP contribution is 2.24. The first-order chi connectivity index (χ1) is 8.72. The maximum absolute atomic E-state index is 4.23. The molecule has 0 saturated heterocycles. The van der Waals surface area contributed by atoms with Crippen LogP contribution in [0.25, 0.3) is 0 Å². The van der Waals surface area contributed by atoms with Crippen LogP contribution in [0.1, 0.15) is 17.2 Å². The minimum absolute atomic E-state index is 0.327. The zero-order valence-corrected chi connectivity index (χ0v) is 11.7. The van der Waals surface area contributed by atoms with Gasteiger partial charge in [0.2, 0.25) is 0 Å². The number of nitrogens with zero attached hydrogens (tertiary/aromatic N) is 3. The van der Waals surface area contributed by atoms with Crippen LogP contribution in [-0.2, 0) is 7.05 Å². The molecule has 1 unspecified atom stereocenters. The van der Waals surface area contributed by atoms with E-state index in [2.05, 4.69) is 46.6 Å². The van der Waals surface area contributed by atoms with E-state index < -0.39 is 0 Å². The van der Waals surface area contributed by atoms with Crippen molar-refractivity contribution in [3.63, 3.8) is 0 Å². The van der Waals surface area contributed by atoms with Crippen molar-refractivity contribution in [3.05, 3.63) is 41.7 Å². The lowest BCUT2D eigenvalue weighted by molar-refractivity contribution is 0.650. The molecular weight excluding hydrogens is 244 g/mol. The molecule has 0 saturated carbocycles. The molecule has 4 nitrogen and oxygen atoms in total. The monoisotopic (exact) mass is 262 g/mol. The first-order valence-electron chi connectivity index (χ1n) is 5.92. The lowest BCUT2D eigenvalue weighted by Crippen LogP contribution is -2.19. The molecule has 1 heterocycles. The second kappa shape index (κ2) is 6.02. The SMILES string of the molecule is CNC(CSc1ncnn1C)c1ccccc1C. The first-order valence-corrected chi connectivity index (χ1v) is 6.90. The summed E-state index contributed by atoms with van der Waals surface area (Å²) >= 11 is 1.72. The van der Waals surface area contributed by atoms with Gasteiger partial charge in [0.25, 0.3) is 0 Å². The Hall–Kier alpha value is -1.33. The van der Waals surface area contributed by atoms with Crippen LogP contribution in [0.4, 0.5) is 0 Å². The molecule has 0 spiro atoms. The number of hydrogen-bond donors (Lipinski definition) is 1. The predicted octanol–water partition coefficient (Wildman–Crippen LogP) is 2.18. The van der Waals surface area contributed by atoms with Crippen molar-refractivity contribution in [2.75, 3.05) is 12.8 Å². The Morgan fingerprint density at radius 2 is 2.17 bits per heavy atom. The zero-order valence-electron chi connectivity index (χ0n) is 10.9. The van der Waals surface area contributed by atoms with Gasteiger partial charge in [-0.3, -0.25) is 0 Å². The summed E-state index contributed by atoms with van der Waals surface area (Å²) in [6, 6.07) is 8.80. The Bertz CT molecular complexity index is 509. The molecule has 0 amide bonds. The summed E-state index contributed by atoms with van der Waals surface area (Å²) in [4.78, 5) is 4.23. The zero-order chi connectivity index (χ0) is 13.0. The van der Waals surface area contributed by atoms with Gasteiger partial charge in [-0.15, -0.1) is 0 Å². The van der Waals surface area contributed by atoms with Gasteiger partial charge in [-0.2, -0.15) is 5.10 Å². The van der Waals surface area contributed by atoms with Crippen molar-refractivity contribution in [2.24, 2.45) is 7.05 Å². The van der Waals surface area contributed by atoms with Crippen LogP contribution in [0.2, 0.25) is 0 Å². The van der Waals surface area contributed by atoms with Crippen molar-refractivity contribution in [1.29, 1.82) is 0 Å². The van der Waals surface area contributed by atoms with E-state index in [1.165, 1.54) is 11.1 Å². The van der Waals surface area contributed by atoms with Crippen molar-refractivity contribution in [3.8, 4) is 0 Å². The fraction of sp³-hybridized carbons (Fsp3) is 0.385. The van der Waals surface area contributed by atoms with E-state index >= 15 is 0 Å². The smallest absolute Gasteiger partial charge is 0.185 e. The Labute approximate surface area is 112 Å². The molecule has 0 radical (unpaired) electrons. The summed E-state index contributed by atoms with van der Waals surface area (Å²) in [5.74, 6) is 0.938.